The summed E-state index contributed by atoms with van der Waals surface area (Å²) >= 11 is 1.70. The van der Waals surface area contributed by atoms with Crippen molar-refractivity contribution in [1.82, 2.24) is 10.6 Å². The first-order valence-electron chi connectivity index (χ1n) is 9.47. The molecule has 7 heteroatoms. The predicted octanol–water partition coefficient (Wildman–Crippen LogP) is 3.74. The molecule has 3 rings (SSSR count). The zero-order valence-corrected chi connectivity index (χ0v) is 17.3. The van der Waals surface area contributed by atoms with Gasteiger partial charge in [-0.15, -0.1) is 11.8 Å². The zero-order valence-electron chi connectivity index (χ0n) is 16.5. The van der Waals surface area contributed by atoms with E-state index in [4.69, 9.17) is 4.74 Å². The first-order chi connectivity index (χ1) is 13.9. The number of imide groups is 1. The minimum absolute atomic E-state index is 0.148. The first-order valence-corrected chi connectivity index (χ1v) is 10.5. The van der Waals surface area contributed by atoms with Gasteiger partial charge in [0.1, 0.15) is 0 Å². The smallest absolute Gasteiger partial charge is 0.338 e. The third-order valence-corrected chi connectivity index (χ3v) is 5.63. The Morgan fingerprint density at radius 1 is 1.10 bits per heavy atom. The van der Waals surface area contributed by atoms with Crippen LogP contribution in [-0.2, 0) is 15.3 Å². The molecule has 2 N–H and O–H groups in total. The standard InChI is InChI=1S/C22H24N2O4S/c1-14-6-9-19(15(2)10-14)29-13-16-4-3-5-17(11-16)21(26)28-12-20(25)24-22(27)23-18-7-8-18/h3-6,9-11,18H,7-8,12-13H2,1-2H3,(H2,23,24,25,27). The van der Waals surface area contributed by atoms with Crippen molar-refractivity contribution >= 4 is 29.7 Å². The van der Waals surface area contributed by atoms with E-state index in [0.29, 0.717) is 11.3 Å². The van der Waals surface area contributed by atoms with E-state index in [1.165, 1.54) is 16.0 Å². The molecule has 2 aromatic carbocycles. The Hall–Kier alpha value is -2.80. The van der Waals surface area contributed by atoms with E-state index in [2.05, 4.69) is 42.7 Å². The normalized spacial score (nSPS) is 12.9. The van der Waals surface area contributed by atoms with E-state index in [0.717, 1.165) is 18.4 Å². The highest BCUT2D eigenvalue weighted by atomic mass is 32.2. The summed E-state index contributed by atoms with van der Waals surface area (Å²) in [6, 6.07) is 13.1. The predicted molar refractivity (Wildman–Crippen MR) is 112 cm³/mol. The van der Waals surface area contributed by atoms with Gasteiger partial charge in [-0.05, 0) is 56.0 Å². The third kappa shape index (κ3) is 6.64. The molecule has 1 aliphatic carbocycles. The van der Waals surface area contributed by atoms with Gasteiger partial charge in [0.05, 0.1) is 5.56 Å². The van der Waals surface area contributed by atoms with E-state index in [9.17, 15) is 14.4 Å². The van der Waals surface area contributed by atoms with Gasteiger partial charge >= 0.3 is 12.0 Å². The molecule has 2 aromatic rings. The number of thioether (sulfide) groups is 1. The molecule has 0 heterocycles. The highest BCUT2D eigenvalue weighted by Gasteiger charge is 2.24. The fourth-order valence-corrected chi connectivity index (χ4v) is 3.69. The van der Waals surface area contributed by atoms with Gasteiger partial charge in [0, 0.05) is 16.7 Å². The minimum atomic E-state index is -0.655. The van der Waals surface area contributed by atoms with Crippen LogP contribution in [0.5, 0.6) is 0 Å². The lowest BCUT2D eigenvalue weighted by Gasteiger charge is -2.09. The SMILES string of the molecule is Cc1ccc(SCc2cccc(C(=O)OCC(=O)NC(=O)NC3CC3)c2)c(C)c1. The second kappa shape index (κ2) is 9.60. The summed E-state index contributed by atoms with van der Waals surface area (Å²) in [7, 11) is 0. The second-order valence-corrected chi connectivity index (χ2v) is 8.15. The average molecular weight is 413 g/mol. The number of hydrogen-bond donors (Lipinski definition) is 2. The third-order valence-electron chi connectivity index (χ3n) is 4.39. The van der Waals surface area contributed by atoms with Gasteiger partial charge in [0.25, 0.3) is 5.91 Å². The van der Waals surface area contributed by atoms with Crippen molar-refractivity contribution in [3.63, 3.8) is 0 Å². The Kier molecular flexibility index (Phi) is 6.93. The molecule has 1 saturated carbocycles. The Morgan fingerprint density at radius 2 is 1.90 bits per heavy atom. The molecule has 0 aliphatic heterocycles. The molecular weight excluding hydrogens is 388 g/mol. The van der Waals surface area contributed by atoms with Crippen LogP contribution in [0.4, 0.5) is 4.79 Å². The highest BCUT2D eigenvalue weighted by Crippen LogP contribution is 2.27. The summed E-state index contributed by atoms with van der Waals surface area (Å²) in [6.07, 6.45) is 1.85. The Bertz CT molecular complexity index is 925. The minimum Gasteiger partial charge on any atom is -0.452 e. The number of hydrogen-bond acceptors (Lipinski definition) is 5. The van der Waals surface area contributed by atoms with Gasteiger partial charge in [-0.25, -0.2) is 9.59 Å². The molecular formula is C22H24N2O4S. The lowest BCUT2D eigenvalue weighted by Crippen LogP contribution is -2.42. The molecule has 0 atom stereocenters. The number of carbonyl (C=O) groups is 3. The van der Waals surface area contributed by atoms with Crippen LogP contribution >= 0.6 is 11.8 Å². The highest BCUT2D eigenvalue weighted by molar-refractivity contribution is 7.98. The number of rotatable bonds is 7. The van der Waals surface area contributed by atoms with Crippen molar-refractivity contribution < 1.29 is 19.1 Å². The van der Waals surface area contributed by atoms with Crippen molar-refractivity contribution in [3.05, 3.63) is 64.7 Å². The number of ether oxygens (including phenoxy) is 1. The molecule has 6 nitrogen and oxygen atoms in total. The molecule has 1 aliphatic rings. The maximum absolute atomic E-state index is 12.2. The van der Waals surface area contributed by atoms with Gasteiger partial charge in [0.2, 0.25) is 0 Å². The molecule has 0 unspecified atom stereocenters. The molecule has 0 saturated heterocycles. The number of nitrogens with one attached hydrogen (secondary N) is 2. The Morgan fingerprint density at radius 3 is 2.62 bits per heavy atom. The quantitative estimate of drug-likeness (QED) is 0.535. The zero-order chi connectivity index (χ0) is 20.8. The largest absolute Gasteiger partial charge is 0.452 e. The van der Waals surface area contributed by atoms with Crippen LogP contribution in [-0.4, -0.2) is 30.6 Å². The van der Waals surface area contributed by atoms with Crippen LogP contribution in [0.1, 0.15) is 39.9 Å². The van der Waals surface area contributed by atoms with E-state index in [1.54, 1.807) is 30.0 Å². The van der Waals surface area contributed by atoms with Crippen LogP contribution in [0, 0.1) is 13.8 Å². The summed E-state index contributed by atoms with van der Waals surface area (Å²) in [5, 5.41) is 4.78. The van der Waals surface area contributed by atoms with Crippen molar-refractivity contribution in [1.29, 1.82) is 0 Å². The summed E-state index contributed by atoms with van der Waals surface area (Å²) in [5.74, 6) is -0.536. The molecule has 0 bridgehead atoms. The van der Waals surface area contributed by atoms with Crippen LogP contribution in [0.3, 0.4) is 0 Å². The lowest BCUT2D eigenvalue weighted by molar-refractivity contribution is -0.123. The second-order valence-electron chi connectivity index (χ2n) is 7.13. The fourth-order valence-electron chi connectivity index (χ4n) is 2.74. The van der Waals surface area contributed by atoms with Crippen molar-refractivity contribution in [3.8, 4) is 0 Å². The molecule has 0 aromatic heterocycles. The molecule has 3 amide bonds. The number of carbonyl (C=O) groups excluding carboxylic acids is 3. The Labute approximate surface area is 174 Å². The summed E-state index contributed by atoms with van der Waals surface area (Å²) in [4.78, 5) is 36.7. The van der Waals surface area contributed by atoms with Gasteiger partial charge in [-0.1, -0.05) is 29.8 Å². The van der Waals surface area contributed by atoms with Crippen LogP contribution in [0.25, 0.3) is 0 Å². The maximum atomic E-state index is 12.2. The maximum Gasteiger partial charge on any atom is 0.338 e. The van der Waals surface area contributed by atoms with Crippen LogP contribution < -0.4 is 10.6 Å². The van der Waals surface area contributed by atoms with Crippen molar-refractivity contribution in [2.45, 2.75) is 43.4 Å². The van der Waals surface area contributed by atoms with E-state index in [-0.39, 0.29) is 6.04 Å². The van der Waals surface area contributed by atoms with Crippen LogP contribution in [0.15, 0.2) is 47.4 Å². The first kappa shape index (κ1) is 20.9. The Balaban J connectivity index is 1.49. The van der Waals surface area contributed by atoms with Gasteiger partial charge in [-0.3, -0.25) is 10.1 Å². The van der Waals surface area contributed by atoms with Gasteiger partial charge < -0.3 is 10.1 Å². The van der Waals surface area contributed by atoms with Crippen molar-refractivity contribution in [2.24, 2.45) is 0 Å². The summed E-state index contributed by atoms with van der Waals surface area (Å²) < 4.78 is 5.02. The molecule has 152 valence electrons. The number of amides is 3. The van der Waals surface area contributed by atoms with Crippen molar-refractivity contribution in [2.75, 3.05) is 6.61 Å². The summed E-state index contributed by atoms with van der Waals surface area (Å²) in [5.41, 5.74) is 3.81. The van der Waals surface area contributed by atoms with E-state index >= 15 is 0 Å². The van der Waals surface area contributed by atoms with E-state index < -0.39 is 24.5 Å². The number of benzene rings is 2. The number of esters is 1. The van der Waals surface area contributed by atoms with E-state index in [1.807, 2.05) is 6.07 Å². The summed E-state index contributed by atoms with van der Waals surface area (Å²) in [6.45, 7) is 3.65. The van der Waals surface area contributed by atoms with Gasteiger partial charge in [-0.2, -0.15) is 0 Å². The molecule has 0 radical (unpaired) electrons. The molecule has 0 spiro atoms. The fraction of sp³-hybridized carbons (Fsp3) is 0.318. The molecule has 29 heavy (non-hydrogen) atoms. The number of urea groups is 1. The van der Waals surface area contributed by atoms with Gasteiger partial charge in [0.15, 0.2) is 6.61 Å². The van der Waals surface area contributed by atoms with Crippen LogP contribution in [0.2, 0.25) is 0 Å². The topological polar surface area (TPSA) is 84.5 Å². The molecule has 1 fully saturated rings. The average Bonchev–Trinajstić information content (AvgIpc) is 3.49. The lowest BCUT2D eigenvalue weighted by atomic mass is 10.1. The number of aryl methyl sites for hydroxylation is 2. The monoisotopic (exact) mass is 412 g/mol.